The zero-order valence-electron chi connectivity index (χ0n) is 21.0. The molecule has 0 heterocycles. The van der Waals surface area contributed by atoms with E-state index in [1.54, 1.807) is 0 Å². The van der Waals surface area contributed by atoms with E-state index in [2.05, 4.69) is 75.3 Å². The average molecular weight is 397 g/mol. The van der Waals surface area contributed by atoms with Crippen LogP contribution in [0.4, 0.5) is 0 Å². The molecular weight excluding hydrogens is 344 g/mol. The Morgan fingerprint density at radius 1 is 0.857 bits per heavy atom. The molecule has 0 aromatic heterocycles. The molecule has 28 heavy (non-hydrogen) atoms. The lowest BCUT2D eigenvalue weighted by Crippen LogP contribution is -2.37. The van der Waals surface area contributed by atoms with E-state index in [0.717, 1.165) is 32.3 Å². The van der Waals surface area contributed by atoms with Crippen molar-refractivity contribution in [2.24, 2.45) is 21.7 Å². The van der Waals surface area contributed by atoms with Crippen molar-refractivity contribution in [2.75, 3.05) is 13.2 Å². The highest BCUT2D eigenvalue weighted by molar-refractivity contribution is 4.92. The Hall–Kier alpha value is -0.340. The first-order valence-electron chi connectivity index (χ1n) is 11.5. The second-order valence-electron chi connectivity index (χ2n) is 12.3. The number of ether oxygens (including phenoxy) is 1. The van der Waals surface area contributed by atoms with E-state index in [-0.39, 0.29) is 17.4 Å². The summed E-state index contributed by atoms with van der Waals surface area (Å²) in [4.78, 5) is 0. The molecule has 0 aliphatic rings. The zero-order chi connectivity index (χ0) is 22.1. The molecule has 0 radical (unpaired) electrons. The van der Waals surface area contributed by atoms with Crippen LogP contribution in [-0.4, -0.2) is 24.4 Å². The van der Waals surface area contributed by atoms with Gasteiger partial charge in [0.15, 0.2) is 0 Å². The van der Waals surface area contributed by atoms with E-state index >= 15 is 0 Å². The Bertz CT molecular complexity index is 438. The number of allylic oxidation sites excluding steroid dienone is 1. The van der Waals surface area contributed by atoms with Gasteiger partial charge in [-0.2, -0.15) is 0 Å². The van der Waals surface area contributed by atoms with Crippen molar-refractivity contribution in [3.63, 3.8) is 0 Å². The Morgan fingerprint density at radius 2 is 1.46 bits per heavy atom. The van der Waals surface area contributed by atoms with Crippen molar-refractivity contribution in [3.8, 4) is 0 Å². The van der Waals surface area contributed by atoms with Gasteiger partial charge >= 0.3 is 0 Å². The highest BCUT2D eigenvalue weighted by Crippen LogP contribution is 2.43. The fourth-order valence-electron chi connectivity index (χ4n) is 5.01. The quantitative estimate of drug-likeness (QED) is 0.240. The van der Waals surface area contributed by atoms with Crippen LogP contribution in [0, 0.1) is 21.7 Å². The molecule has 168 valence electrons. The van der Waals surface area contributed by atoms with Crippen LogP contribution in [0.1, 0.15) is 114 Å². The average Bonchev–Trinajstić information content (AvgIpc) is 2.47. The molecule has 0 aromatic rings. The van der Waals surface area contributed by atoms with Gasteiger partial charge in [0.25, 0.3) is 0 Å². The molecule has 0 aliphatic heterocycles. The SMILES string of the molecule is CCCCOC(CCC(C)(C)CC(C)(C)C)C(C)(C)CC(C)(C)C/C=C/CO. The Kier molecular flexibility index (Phi) is 11.6. The number of hydrogen-bond donors (Lipinski definition) is 1. The minimum absolute atomic E-state index is 0.127. The first-order chi connectivity index (χ1) is 12.6. The summed E-state index contributed by atoms with van der Waals surface area (Å²) in [5, 5.41) is 9.02. The molecule has 1 N–H and O–H groups in total. The predicted molar refractivity (Wildman–Crippen MR) is 125 cm³/mol. The van der Waals surface area contributed by atoms with E-state index in [9.17, 15) is 0 Å². The normalized spacial score (nSPS) is 15.4. The first kappa shape index (κ1) is 27.7. The van der Waals surface area contributed by atoms with E-state index in [1.807, 2.05) is 6.08 Å². The van der Waals surface area contributed by atoms with Crippen molar-refractivity contribution in [1.29, 1.82) is 0 Å². The maximum Gasteiger partial charge on any atom is 0.0626 e. The second kappa shape index (κ2) is 11.7. The highest BCUT2D eigenvalue weighted by Gasteiger charge is 2.37. The summed E-state index contributed by atoms with van der Waals surface area (Å²) in [6.45, 7) is 24.5. The third kappa shape index (κ3) is 13.0. The number of aliphatic hydroxyl groups excluding tert-OH is 1. The van der Waals surface area contributed by atoms with E-state index in [1.165, 1.54) is 19.3 Å². The molecule has 0 fully saturated rings. The molecule has 2 heteroatoms. The van der Waals surface area contributed by atoms with Gasteiger partial charge in [0.2, 0.25) is 0 Å². The number of hydrogen-bond acceptors (Lipinski definition) is 2. The third-order valence-electron chi connectivity index (χ3n) is 5.66. The van der Waals surface area contributed by atoms with Gasteiger partial charge in [-0.05, 0) is 60.2 Å². The molecule has 1 atom stereocenters. The fourth-order valence-corrected chi connectivity index (χ4v) is 5.01. The fraction of sp³-hybridized carbons (Fsp3) is 0.923. The molecule has 0 saturated carbocycles. The summed E-state index contributed by atoms with van der Waals surface area (Å²) >= 11 is 0. The van der Waals surface area contributed by atoms with Crippen LogP contribution in [0.2, 0.25) is 0 Å². The van der Waals surface area contributed by atoms with E-state index in [0.29, 0.717) is 16.9 Å². The lowest BCUT2D eigenvalue weighted by atomic mass is 9.68. The lowest BCUT2D eigenvalue weighted by molar-refractivity contribution is -0.0550. The number of rotatable bonds is 14. The molecule has 2 nitrogen and oxygen atoms in total. The maximum absolute atomic E-state index is 9.02. The highest BCUT2D eigenvalue weighted by atomic mass is 16.5. The summed E-state index contributed by atoms with van der Waals surface area (Å²) in [6, 6.07) is 0. The van der Waals surface area contributed by atoms with Crippen molar-refractivity contribution >= 4 is 0 Å². The van der Waals surface area contributed by atoms with Crippen molar-refractivity contribution < 1.29 is 9.84 Å². The van der Waals surface area contributed by atoms with Crippen LogP contribution in [0.3, 0.4) is 0 Å². The van der Waals surface area contributed by atoms with E-state index in [4.69, 9.17) is 9.84 Å². The lowest BCUT2D eigenvalue weighted by Gasteiger charge is -2.42. The third-order valence-corrected chi connectivity index (χ3v) is 5.66. The summed E-state index contributed by atoms with van der Waals surface area (Å²) in [6.07, 6.45) is 12.3. The monoisotopic (exact) mass is 396 g/mol. The largest absolute Gasteiger partial charge is 0.392 e. The molecule has 0 spiro atoms. The van der Waals surface area contributed by atoms with Gasteiger partial charge in [-0.15, -0.1) is 0 Å². The van der Waals surface area contributed by atoms with Gasteiger partial charge in [-0.1, -0.05) is 87.8 Å². The van der Waals surface area contributed by atoms with Crippen LogP contribution < -0.4 is 0 Å². The maximum atomic E-state index is 9.02. The van der Waals surface area contributed by atoms with Crippen LogP contribution in [0.5, 0.6) is 0 Å². The van der Waals surface area contributed by atoms with Gasteiger partial charge in [0.05, 0.1) is 12.7 Å². The summed E-state index contributed by atoms with van der Waals surface area (Å²) in [5.41, 5.74) is 1.02. The topological polar surface area (TPSA) is 29.5 Å². The van der Waals surface area contributed by atoms with Crippen molar-refractivity contribution in [2.45, 2.75) is 120 Å². The summed E-state index contributed by atoms with van der Waals surface area (Å²) in [5.74, 6) is 0. The minimum atomic E-state index is 0.127. The van der Waals surface area contributed by atoms with Gasteiger partial charge in [-0.3, -0.25) is 0 Å². The van der Waals surface area contributed by atoms with Gasteiger partial charge < -0.3 is 9.84 Å². The van der Waals surface area contributed by atoms with Crippen LogP contribution >= 0.6 is 0 Å². The Labute approximate surface area is 177 Å². The Morgan fingerprint density at radius 3 is 1.96 bits per heavy atom. The first-order valence-corrected chi connectivity index (χ1v) is 11.5. The van der Waals surface area contributed by atoms with E-state index < -0.39 is 0 Å². The van der Waals surface area contributed by atoms with Gasteiger partial charge in [0.1, 0.15) is 0 Å². The van der Waals surface area contributed by atoms with Gasteiger partial charge in [0, 0.05) is 6.61 Å². The van der Waals surface area contributed by atoms with Crippen molar-refractivity contribution in [1.82, 2.24) is 0 Å². The zero-order valence-corrected chi connectivity index (χ0v) is 21.0. The molecular formula is C26H52O2. The molecule has 1 unspecified atom stereocenters. The van der Waals surface area contributed by atoms with Crippen LogP contribution in [-0.2, 0) is 4.74 Å². The van der Waals surface area contributed by atoms with Crippen molar-refractivity contribution in [3.05, 3.63) is 12.2 Å². The molecule has 0 bridgehead atoms. The summed E-state index contributed by atoms with van der Waals surface area (Å²) < 4.78 is 6.49. The number of unbranched alkanes of at least 4 members (excludes halogenated alkanes) is 1. The van der Waals surface area contributed by atoms with Crippen LogP contribution in [0.15, 0.2) is 12.2 Å². The molecule has 0 amide bonds. The van der Waals surface area contributed by atoms with Gasteiger partial charge in [-0.25, -0.2) is 0 Å². The summed E-state index contributed by atoms with van der Waals surface area (Å²) in [7, 11) is 0. The standard InChI is InChI=1S/C26H52O2/c1-11-12-19-28-22(15-17-25(7,8)20-23(2,3)4)26(9,10)21-24(5,6)16-13-14-18-27/h13-14,22,27H,11-12,15-21H2,1-10H3/b14-13+. The molecule has 0 aliphatic carbocycles. The molecule has 0 rings (SSSR count). The van der Waals surface area contributed by atoms with Crippen LogP contribution in [0.25, 0.3) is 0 Å². The molecule has 0 aromatic carbocycles. The minimum Gasteiger partial charge on any atom is -0.392 e. The molecule has 0 saturated heterocycles. The number of aliphatic hydroxyl groups is 1. The predicted octanol–water partition coefficient (Wildman–Crippen LogP) is 7.80. The second-order valence-corrected chi connectivity index (χ2v) is 12.3. The Balaban J connectivity index is 5.15. The smallest absolute Gasteiger partial charge is 0.0626 e.